The van der Waals surface area contributed by atoms with E-state index in [2.05, 4.69) is 5.32 Å². The van der Waals surface area contributed by atoms with Gasteiger partial charge in [-0.2, -0.15) is 0 Å². The highest BCUT2D eigenvalue weighted by atomic mass is 32.2. The third-order valence-electron chi connectivity index (χ3n) is 3.02. The van der Waals surface area contributed by atoms with E-state index in [1.54, 1.807) is 11.1 Å². The largest absolute Gasteiger partial charge is 0.338 e. The van der Waals surface area contributed by atoms with Crippen molar-refractivity contribution in [1.29, 1.82) is 0 Å². The lowest BCUT2D eigenvalue weighted by Gasteiger charge is -2.43. The highest BCUT2D eigenvalue weighted by Gasteiger charge is 2.42. The number of hydrogen-bond acceptors (Lipinski definition) is 5. The number of amides is 2. The van der Waals surface area contributed by atoms with E-state index in [1.807, 2.05) is 17.2 Å². The molecule has 0 aromatic carbocycles. The van der Waals surface area contributed by atoms with Crippen LogP contribution >= 0.6 is 11.8 Å². The van der Waals surface area contributed by atoms with Crippen molar-refractivity contribution in [2.45, 2.75) is 17.7 Å². The standard InChI is InChI=1S/C10H17N3O3S2/c1-3-11-9(14)13-4-5-17-10(13)12-6-8(7-12)18(2,15)16/h4-5,8,10H,3,6-7H2,1-2H3,(H,11,14). The van der Waals surface area contributed by atoms with E-state index in [4.69, 9.17) is 0 Å². The van der Waals surface area contributed by atoms with Crippen molar-refractivity contribution in [1.82, 2.24) is 15.1 Å². The maximum atomic E-state index is 11.8. The number of rotatable bonds is 3. The first-order chi connectivity index (χ1) is 8.43. The van der Waals surface area contributed by atoms with Gasteiger partial charge in [0.1, 0.15) is 5.50 Å². The minimum atomic E-state index is -2.97. The second kappa shape index (κ2) is 5.10. The summed E-state index contributed by atoms with van der Waals surface area (Å²) in [6, 6.07) is -0.147. The zero-order chi connectivity index (χ0) is 13.3. The maximum Gasteiger partial charge on any atom is 0.323 e. The SMILES string of the molecule is CCNC(=O)N1C=CSC1N1CC(S(C)(=O)=O)C1. The number of nitrogens with one attached hydrogen (secondary N) is 1. The molecule has 0 saturated carbocycles. The van der Waals surface area contributed by atoms with Gasteiger partial charge < -0.3 is 5.32 Å². The summed E-state index contributed by atoms with van der Waals surface area (Å²) in [4.78, 5) is 15.4. The van der Waals surface area contributed by atoms with Crippen molar-refractivity contribution < 1.29 is 13.2 Å². The molecule has 6 nitrogen and oxygen atoms in total. The van der Waals surface area contributed by atoms with E-state index in [0.717, 1.165) is 0 Å². The Morgan fingerprint density at radius 2 is 2.17 bits per heavy atom. The van der Waals surface area contributed by atoms with Gasteiger partial charge in [0, 0.05) is 32.1 Å². The van der Waals surface area contributed by atoms with E-state index < -0.39 is 9.84 Å². The molecule has 1 fully saturated rings. The number of urea groups is 1. The van der Waals surface area contributed by atoms with Crippen molar-refractivity contribution in [2.75, 3.05) is 25.9 Å². The summed E-state index contributed by atoms with van der Waals surface area (Å²) < 4.78 is 22.7. The molecule has 0 aromatic rings. The molecule has 2 aliphatic rings. The number of sulfone groups is 1. The Kier molecular flexibility index (Phi) is 3.88. The summed E-state index contributed by atoms with van der Waals surface area (Å²) in [5.41, 5.74) is -0.116. The smallest absolute Gasteiger partial charge is 0.323 e. The van der Waals surface area contributed by atoms with Crippen LogP contribution in [0.2, 0.25) is 0 Å². The first-order valence-electron chi connectivity index (χ1n) is 5.74. The van der Waals surface area contributed by atoms with E-state index in [9.17, 15) is 13.2 Å². The monoisotopic (exact) mass is 291 g/mol. The molecule has 0 spiro atoms. The molecule has 1 atom stereocenters. The molecule has 0 bridgehead atoms. The van der Waals surface area contributed by atoms with Gasteiger partial charge in [-0.3, -0.25) is 9.80 Å². The molecule has 2 heterocycles. The predicted octanol–water partition coefficient (Wildman–Crippen LogP) is 0.248. The van der Waals surface area contributed by atoms with Crippen LogP contribution in [0.5, 0.6) is 0 Å². The Morgan fingerprint density at radius 3 is 2.72 bits per heavy atom. The van der Waals surface area contributed by atoms with E-state index in [0.29, 0.717) is 19.6 Å². The van der Waals surface area contributed by atoms with E-state index in [-0.39, 0.29) is 16.8 Å². The molecule has 2 rings (SSSR count). The van der Waals surface area contributed by atoms with Gasteiger partial charge in [0.05, 0.1) is 5.25 Å². The zero-order valence-corrected chi connectivity index (χ0v) is 12.0. The minimum absolute atomic E-state index is 0.116. The first kappa shape index (κ1) is 13.7. The summed E-state index contributed by atoms with van der Waals surface area (Å²) in [5.74, 6) is 0. The molecule has 0 radical (unpaired) electrons. The van der Waals surface area contributed by atoms with Crippen LogP contribution in [-0.2, 0) is 9.84 Å². The van der Waals surface area contributed by atoms with Crippen molar-refractivity contribution in [2.24, 2.45) is 0 Å². The molecular formula is C10H17N3O3S2. The number of carbonyl (C=O) groups is 1. The lowest BCUT2D eigenvalue weighted by molar-refractivity contribution is 0.102. The van der Waals surface area contributed by atoms with Crippen LogP contribution < -0.4 is 5.32 Å². The summed E-state index contributed by atoms with van der Waals surface area (Å²) >= 11 is 1.52. The Morgan fingerprint density at radius 1 is 1.50 bits per heavy atom. The normalized spacial score (nSPS) is 25.2. The summed E-state index contributed by atoms with van der Waals surface area (Å²) in [6.45, 7) is 3.43. The molecule has 0 aromatic heterocycles. The third-order valence-corrected chi connectivity index (χ3v) is 5.57. The van der Waals surface area contributed by atoms with Crippen LogP contribution in [0, 0.1) is 0 Å². The summed E-state index contributed by atoms with van der Waals surface area (Å²) in [5, 5.41) is 4.30. The third kappa shape index (κ3) is 2.65. The van der Waals surface area contributed by atoms with Crippen molar-refractivity contribution >= 4 is 27.6 Å². The number of likely N-dealkylation sites (tertiary alicyclic amines) is 1. The minimum Gasteiger partial charge on any atom is -0.338 e. The van der Waals surface area contributed by atoms with Crippen LogP contribution in [0.4, 0.5) is 4.79 Å². The van der Waals surface area contributed by atoms with E-state index >= 15 is 0 Å². The Labute approximate surface area is 111 Å². The lowest BCUT2D eigenvalue weighted by Crippen LogP contribution is -2.61. The molecule has 102 valence electrons. The van der Waals surface area contributed by atoms with Crippen LogP contribution in [0.3, 0.4) is 0 Å². The number of nitrogens with zero attached hydrogens (tertiary/aromatic N) is 2. The van der Waals surface area contributed by atoms with Gasteiger partial charge in [-0.25, -0.2) is 13.2 Å². The first-order valence-corrected chi connectivity index (χ1v) is 8.64. The van der Waals surface area contributed by atoms with Crippen molar-refractivity contribution in [3.05, 3.63) is 11.6 Å². The highest BCUT2D eigenvalue weighted by molar-refractivity contribution is 8.02. The quantitative estimate of drug-likeness (QED) is 0.807. The Balaban J connectivity index is 1.93. The molecule has 8 heteroatoms. The number of thioether (sulfide) groups is 1. The molecule has 0 aliphatic carbocycles. The van der Waals surface area contributed by atoms with Gasteiger partial charge in [-0.15, -0.1) is 0 Å². The van der Waals surface area contributed by atoms with Crippen LogP contribution in [0.1, 0.15) is 6.92 Å². The maximum absolute atomic E-state index is 11.8. The van der Waals surface area contributed by atoms with Crippen LogP contribution in [0.25, 0.3) is 0 Å². The van der Waals surface area contributed by atoms with Gasteiger partial charge in [-0.05, 0) is 12.3 Å². The van der Waals surface area contributed by atoms with Gasteiger partial charge in [0.15, 0.2) is 9.84 Å². The van der Waals surface area contributed by atoms with Crippen molar-refractivity contribution in [3.63, 3.8) is 0 Å². The summed E-state index contributed by atoms with van der Waals surface area (Å²) in [7, 11) is -2.97. The fourth-order valence-electron chi connectivity index (χ4n) is 1.90. The summed E-state index contributed by atoms with van der Waals surface area (Å²) in [6.07, 6.45) is 2.99. The van der Waals surface area contributed by atoms with Crippen LogP contribution in [-0.4, -0.2) is 60.9 Å². The highest BCUT2D eigenvalue weighted by Crippen LogP contribution is 2.32. The molecule has 2 amide bonds. The Bertz CT molecular complexity index is 457. The van der Waals surface area contributed by atoms with Crippen molar-refractivity contribution in [3.8, 4) is 0 Å². The Hall–Kier alpha value is -0.730. The van der Waals surface area contributed by atoms with Gasteiger partial charge in [0.25, 0.3) is 0 Å². The second-order valence-corrected chi connectivity index (χ2v) is 7.69. The second-order valence-electron chi connectivity index (χ2n) is 4.40. The average Bonchev–Trinajstić information content (AvgIpc) is 2.62. The van der Waals surface area contributed by atoms with Crippen LogP contribution in [0.15, 0.2) is 11.6 Å². The van der Waals surface area contributed by atoms with Gasteiger partial charge in [-0.1, -0.05) is 11.8 Å². The molecule has 1 N–H and O–H groups in total. The van der Waals surface area contributed by atoms with E-state index in [1.165, 1.54) is 18.0 Å². The van der Waals surface area contributed by atoms with Gasteiger partial charge >= 0.3 is 6.03 Å². The van der Waals surface area contributed by atoms with Gasteiger partial charge in [0.2, 0.25) is 0 Å². The molecule has 18 heavy (non-hydrogen) atoms. The molecule has 2 aliphatic heterocycles. The lowest BCUT2D eigenvalue weighted by atomic mass is 10.2. The molecular weight excluding hydrogens is 274 g/mol. The molecule has 1 saturated heterocycles. The predicted molar refractivity (Wildman–Crippen MR) is 71.6 cm³/mol. The molecule has 1 unspecified atom stereocenters. The average molecular weight is 291 g/mol. The zero-order valence-electron chi connectivity index (χ0n) is 10.4. The fourth-order valence-corrected chi connectivity index (χ4v) is 3.81. The fraction of sp³-hybridized carbons (Fsp3) is 0.700. The topological polar surface area (TPSA) is 69.7 Å². The number of carbonyl (C=O) groups excluding carboxylic acids is 1. The number of hydrogen-bond donors (Lipinski definition) is 1.